The normalized spacial score (nSPS) is 39.4. The molecule has 1 amide bonds. The first kappa shape index (κ1) is 22.1. The van der Waals surface area contributed by atoms with Crippen LogP contribution in [0.1, 0.15) is 75.6 Å². The van der Waals surface area contributed by atoms with Gasteiger partial charge in [0.25, 0.3) is 0 Å². The molecule has 2 aromatic rings. The minimum absolute atomic E-state index is 0.233. The van der Waals surface area contributed by atoms with Gasteiger partial charge >= 0.3 is 5.97 Å². The summed E-state index contributed by atoms with van der Waals surface area (Å²) >= 11 is 0. The summed E-state index contributed by atoms with van der Waals surface area (Å²) in [6, 6.07) is 5.72. The number of hydrogen-bond acceptors (Lipinski definition) is 5. The van der Waals surface area contributed by atoms with E-state index in [1.165, 1.54) is 25.7 Å². The number of ether oxygens (including phenoxy) is 1. The van der Waals surface area contributed by atoms with Gasteiger partial charge in [-0.05, 0) is 97.6 Å². The molecule has 1 aromatic heterocycles. The molecule has 1 N–H and O–H groups in total. The first-order valence-electron chi connectivity index (χ1n) is 13.0. The van der Waals surface area contributed by atoms with Gasteiger partial charge < -0.3 is 9.64 Å². The Hall–Kier alpha value is -2.44. The highest BCUT2D eigenvalue weighted by molar-refractivity contribution is 5.93. The van der Waals surface area contributed by atoms with Gasteiger partial charge in [0.15, 0.2) is 0 Å². The van der Waals surface area contributed by atoms with E-state index in [0.29, 0.717) is 53.8 Å². The number of carbonyl (C=O) groups excluding carboxylic acids is 2. The van der Waals surface area contributed by atoms with Crippen LogP contribution in [0, 0.1) is 34.5 Å². The molecule has 2 heterocycles. The zero-order valence-electron chi connectivity index (χ0n) is 20.5. The molecule has 7 nitrogen and oxygen atoms in total. The number of piperidine rings is 1. The number of likely N-dealkylation sites (tertiary alicyclic amines) is 1. The molecule has 0 spiro atoms. The molecule has 1 aliphatic heterocycles. The summed E-state index contributed by atoms with van der Waals surface area (Å²) in [5.41, 5.74) is 2.44. The number of carbonyl (C=O) groups is 2. The van der Waals surface area contributed by atoms with Gasteiger partial charge in [-0.25, -0.2) is 4.79 Å². The van der Waals surface area contributed by atoms with E-state index in [-0.39, 0.29) is 16.8 Å². The van der Waals surface area contributed by atoms with Crippen molar-refractivity contribution in [3.05, 3.63) is 23.8 Å². The van der Waals surface area contributed by atoms with Gasteiger partial charge in [-0.1, -0.05) is 13.8 Å². The molecular weight excluding hydrogens is 428 g/mol. The lowest BCUT2D eigenvalue weighted by atomic mass is 9.47. The van der Waals surface area contributed by atoms with E-state index >= 15 is 0 Å². The van der Waals surface area contributed by atoms with Gasteiger partial charge in [-0.3, -0.25) is 4.79 Å². The third kappa shape index (κ3) is 3.14. The van der Waals surface area contributed by atoms with Crippen molar-refractivity contribution in [2.45, 2.75) is 71.3 Å². The molecule has 4 fully saturated rings. The molecule has 0 radical (unpaired) electrons. The van der Waals surface area contributed by atoms with Crippen molar-refractivity contribution in [2.24, 2.45) is 34.5 Å². The van der Waals surface area contributed by atoms with Gasteiger partial charge in [0.1, 0.15) is 11.0 Å². The molecule has 34 heavy (non-hydrogen) atoms. The van der Waals surface area contributed by atoms with Crippen LogP contribution >= 0.6 is 0 Å². The maximum absolute atomic E-state index is 12.8. The summed E-state index contributed by atoms with van der Waals surface area (Å²) in [6.45, 7) is 5.43. The van der Waals surface area contributed by atoms with Gasteiger partial charge in [-0.2, -0.15) is 15.4 Å². The maximum atomic E-state index is 12.8. The third-order valence-electron chi connectivity index (χ3n) is 10.7. The van der Waals surface area contributed by atoms with Crippen LogP contribution in [0.15, 0.2) is 18.2 Å². The number of hydrogen-bond donors (Lipinski definition) is 1. The highest BCUT2D eigenvalue weighted by Gasteiger charge is 2.61. The van der Waals surface area contributed by atoms with Crippen molar-refractivity contribution in [3.63, 3.8) is 0 Å². The van der Waals surface area contributed by atoms with Crippen LogP contribution in [0.2, 0.25) is 0 Å². The van der Waals surface area contributed by atoms with E-state index in [1.807, 2.05) is 7.05 Å². The lowest BCUT2D eigenvalue weighted by molar-refractivity contribution is -0.158. The number of nitrogens with one attached hydrogen (secondary N) is 1. The van der Waals surface area contributed by atoms with E-state index in [4.69, 9.17) is 4.74 Å². The summed E-state index contributed by atoms with van der Waals surface area (Å²) in [7, 11) is 2.03. The summed E-state index contributed by atoms with van der Waals surface area (Å²) < 4.78 is 5.88. The molecular formula is C27H36N4O3. The van der Waals surface area contributed by atoms with Crippen molar-refractivity contribution in [1.29, 1.82) is 0 Å². The van der Waals surface area contributed by atoms with Gasteiger partial charge in [-0.15, -0.1) is 0 Å². The molecule has 6 rings (SSSR count). The average Bonchev–Trinajstić information content (AvgIpc) is 3.43. The van der Waals surface area contributed by atoms with Crippen LogP contribution in [-0.4, -0.2) is 51.9 Å². The van der Waals surface area contributed by atoms with Crippen molar-refractivity contribution >= 4 is 22.9 Å². The Morgan fingerprint density at radius 2 is 1.85 bits per heavy atom. The summed E-state index contributed by atoms with van der Waals surface area (Å²) in [4.78, 5) is 27.3. The lowest BCUT2D eigenvalue weighted by Crippen LogP contribution is -2.61. The Morgan fingerprint density at radius 1 is 1.06 bits per heavy atom. The summed E-state index contributed by atoms with van der Waals surface area (Å²) in [5.74, 6) is 2.61. The van der Waals surface area contributed by atoms with Crippen LogP contribution < -0.4 is 0 Å². The molecule has 4 aliphatic rings. The second kappa shape index (κ2) is 7.79. The largest absolute Gasteiger partial charge is 0.462 e. The average molecular weight is 465 g/mol. The predicted octanol–water partition coefficient (Wildman–Crippen LogP) is 4.59. The minimum Gasteiger partial charge on any atom is -0.462 e. The van der Waals surface area contributed by atoms with E-state index in [2.05, 4.69) is 34.2 Å². The van der Waals surface area contributed by atoms with E-state index in [0.717, 1.165) is 30.7 Å². The Labute approximate surface area is 201 Å². The van der Waals surface area contributed by atoms with Crippen molar-refractivity contribution in [1.82, 2.24) is 20.3 Å². The SMILES string of the molecule is CN1C(=O)CC[C@]2(C)[C@H]3CC[C@]4(C)C(COC(=O)c5ccc6n[nH]nc6c5)CC[C@H]4[C@@H]3CC[C@@H]12. The Bertz CT molecular complexity index is 1130. The molecule has 3 aliphatic carbocycles. The van der Waals surface area contributed by atoms with Crippen molar-refractivity contribution in [2.75, 3.05) is 13.7 Å². The summed E-state index contributed by atoms with van der Waals surface area (Å²) in [5, 5.41) is 10.7. The zero-order chi connectivity index (χ0) is 23.7. The van der Waals surface area contributed by atoms with E-state index in [1.54, 1.807) is 18.2 Å². The predicted molar refractivity (Wildman–Crippen MR) is 128 cm³/mol. The number of rotatable bonds is 3. The monoisotopic (exact) mass is 464 g/mol. The van der Waals surface area contributed by atoms with Crippen LogP contribution in [0.4, 0.5) is 0 Å². The second-order valence-corrected chi connectivity index (χ2v) is 11.9. The number of aromatic amines is 1. The highest BCUT2D eigenvalue weighted by atomic mass is 16.5. The lowest BCUT2D eigenvalue weighted by Gasteiger charge is -2.61. The quantitative estimate of drug-likeness (QED) is 0.671. The van der Waals surface area contributed by atoms with Crippen molar-refractivity contribution < 1.29 is 14.3 Å². The molecule has 1 saturated heterocycles. The molecule has 3 saturated carbocycles. The number of amides is 1. The van der Waals surface area contributed by atoms with Crippen molar-refractivity contribution in [3.8, 4) is 0 Å². The fourth-order valence-electron chi connectivity index (χ4n) is 8.76. The number of benzene rings is 1. The van der Waals surface area contributed by atoms with Crippen LogP contribution in [0.3, 0.4) is 0 Å². The number of H-pyrrole nitrogens is 1. The maximum Gasteiger partial charge on any atom is 0.338 e. The number of esters is 1. The Morgan fingerprint density at radius 3 is 2.71 bits per heavy atom. The fourth-order valence-corrected chi connectivity index (χ4v) is 8.76. The molecule has 7 atom stereocenters. The standard InChI is InChI=1S/C27H36N4O3/c1-26-12-10-20-18(6-9-23-27(20,2)13-11-24(32)31(23)3)19(26)7-5-17(26)15-34-25(33)16-4-8-21-22(14-16)29-30-28-21/h4,8,14,17-20,23H,5-7,9-13,15H2,1-3H3,(H,28,29,30)/t17?,18-,19-,20-,23+,26+,27+/m0/s1. The minimum atomic E-state index is -0.270. The molecule has 182 valence electrons. The third-order valence-corrected chi connectivity index (χ3v) is 10.7. The van der Waals surface area contributed by atoms with Crippen LogP contribution in [-0.2, 0) is 9.53 Å². The van der Waals surface area contributed by atoms with Gasteiger partial charge in [0, 0.05) is 19.5 Å². The number of nitrogens with zero attached hydrogens (tertiary/aromatic N) is 3. The van der Waals surface area contributed by atoms with Gasteiger partial charge in [0.05, 0.1) is 12.2 Å². The molecule has 1 aromatic carbocycles. The smallest absolute Gasteiger partial charge is 0.338 e. The molecule has 0 bridgehead atoms. The number of aromatic nitrogens is 3. The van der Waals surface area contributed by atoms with Gasteiger partial charge in [0.2, 0.25) is 5.91 Å². The van der Waals surface area contributed by atoms with Crippen LogP contribution in [0.5, 0.6) is 0 Å². The summed E-state index contributed by atoms with van der Waals surface area (Å²) in [6.07, 6.45) is 8.92. The second-order valence-electron chi connectivity index (χ2n) is 11.9. The first-order chi connectivity index (χ1) is 16.3. The highest BCUT2D eigenvalue weighted by Crippen LogP contribution is 2.66. The van der Waals surface area contributed by atoms with Crippen LogP contribution in [0.25, 0.3) is 11.0 Å². The number of fused-ring (bicyclic) bond motifs is 6. The molecule has 7 heteroatoms. The van der Waals surface area contributed by atoms with E-state index < -0.39 is 0 Å². The Balaban J connectivity index is 1.15. The fraction of sp³-hybridized carbons (Fsp3) is 0.704. The topological polar surface area (TPSA) is 88.2 Å². The van der Waals surface area contributed by atoms with E-state index in [9.17, 15) is 9.59 Å². The zero-order valence-corrected chi connectivity index (χ0v) is 20.5. The first-order valence-corrected chi connectivity index (χ1v) is 13.0. The molecule has 1 unspecified atom stereocenters. The Kier molecular flexibility index (Phi) is 5.05.